The van der Waals surface area contributed by atoms with Gasteiger partial charge in [-0.3, -0.25) is 9.59 Å². The highest BCUT2D eigenvalue weighted by Crippen LogP contribution is 2.29. The number of likely N-dealkylation sites (tertiary alicyclic amines) is 2. The number of benzene rings is 1. The summed E-state index contributed by atoms with van der Waals surface area (Å²) in [5.41, 5.74) is 0.463. The third-order valence-corrected chi connectivity index (χ3v) is 5.58. The monoisotopic (exact) mass is 411 g/mol. The number of hydrogen-bond donors (Lipinski definition) is 1. The summed E-state index contributed by atoms with van der Waals surface area (Å²) in [5, 5.41) is 3.26. The van der Waals surface area contributed by atoms with Gasteiger partial charge in [-0.15, -0.1) is 12.4 Å². The van der Waals surface area contributed by atoms with Crippen LogP contribution in [0, 0.1) is 0 Å². The van der Waals surface area contributed by atoms with E-state index in [0.29, 0.717) is 42.6 Å². The number of carbonyl (C=O) groups is 2. The molecule has 1 aromatic carbocycles. The van der Waals surface area contributed by atoms with E-state index in [4.69, 9.17) is 9.47 Å². The van der Waals surface area contributed by atoms with E-state index < -0.39 is 0 Å². The average Bonchev–Trinajstić information content (AvgIpc) is 3.22. The fourth-order valence-corrected chi connectivity index (χ4v) is 4.02. The molecular formula is C20H30ClN3O4. The number of rotatable bonds is 5. The van der Waals surface area contributed by atoms with Crippen molar-refractivity contribution in [3.05, 3.63) is 23.8 Å². The predicted molar refractivity (Wildman–Crippen MR) is 110 cm³/mol. The Morgan fingerprint density at radius 2 is 1.86 bits per heavy atom. The van der Waals surface area contributed by atoms with Gasteiger partial charge in [0.05, 0.1) is 19.8 Å². The van der Waals surface area contributed by atoms with E-state index in [1.807, 2.05) is 11.9 Å². The van der Waals surface area contributed by atoms with Crippen LogP contribution in [-0.4, -0.2) is 74.6 Å². The first-order valence-electron chi connectivity index (χ1n) is 9.58. The first-order valence-corrected chi connectivity index (χ1v) is 9.58. The van der Waals surface area contributed by atoms with Gasteiger partial charge in [-0.1, -0.05) is 0 Å². The van der Waals surface area contributed by atoms with Crippen LogP contribution < -0.4 is 14.8 Å². The molecule has 2 saturated heterocycles. The van der Waals surface area contributed by atoms with Gasteiger partial charge in [0.15, 0.2) is 0 Å². The van der Waals surface area contributed by atoms with E-state index in [-0.39, 0.29) is 30.3 Å². The van der Waals surface area contributed by atoms with Crippen LogP contribution in [0.25, 0.3) is 0 Å². The summed E-state index contributed by atoms with van der Waals surface area (Å²) in [5.74, 6) is 0.996. The number of amides is 2. The molecule has 8 heteroatoms. The number of nitrogens with zero attached hydrogens (tertiary/aromatic N) is 2. The minimum Gasteiger partial charge on any atom is -0.497 e. The Kier molecular flexibility index (Phi) is 7.95. The van der Waals surface area contributed by atoms with Crippen molar-refractivity contribution in [3.63, 3.8) is 0 Å². The van der Waals surface area contributed by atoms with Gasteiger partial charge in [-0.25, -0.2) is 0 Å². The van der Waals surface area contributed by atoms with E-state index in [1.165, 1.54) is 7.11 Å². The molecule has 0 spiro atoms. The highest BCUT2D eigenvalue weighted by molar-refractivity contribution is 6.00. The van der Waals surface area contributed by atoms with Crippen LogP contribution in [0.3, 0.4) is 0 Å². The van der Waals surface area contributed by atoms with Crippen LogP contribution in [0.4, 0.5) is 0 Å². The highest BCUT2D eigenvalue weighted by Gasteiger charge is 2.38. The normalized spacial score (nSPS) is 21.8. The van der Waals surface area contributed by atoms with Crippen molar-refractivity contribution in [2.24, 2.45) is 0 Å². The zero-order valence-corrected chi connectivity index (χ0v) is 17.6. The third kappa shape index (κ3) is 4.52. The molecule has 28 heavy (non-hydrogen) atoms. The van der Waals surface area contributed by atoms with Crippen molar-refractivity contribution >= 4 is 24.2 Å². The van der Waals surface area contributed by atoms with Gasteiger partial charge in [0.1, 0.15) is 17.5 Å². The number of piperidine rings is 1. The SMILES string of the molecule is CNC1CCCN(C(=O)C2CCCN2C(=O)c2ccc(OC)cc2OC)C1.Cl. The quantitative estimate of drug-likeness (QED) is 0.801. The molecule has 1 N–H and O–H groups in total. The Labute approximate surface area is 172 Å². The highest BCUT2D eigenvalue weighted by atomic mass is 35.5. The van der Waals surface area contributed by atoms with Gasteiger partial charge < -0.3 is 24.6 Å². The summed E-state index contributed by atoms with van der Waals surface area (Å²) in [7, 11) is 5.03. The molecule has 0 radical (unpaired) electrons. The Morgan fingerprint density at radius 3 is 2.54 bits per heavy atom. The van der Waals surface area contributed by atoms with Gasteiger partial charge in [-0.2, -0.15) is 0 Å². The number of hydrogen-bond acceptors (Lipinski definition) is 5. The molecule has 2 fully saturated rings. The summed E-state index contributed by atoms with van der Waals surface area (Å²) in [6, 6.07) is 5.08. The van der Waals surface area contributed by atoms with Crippen LogP contribution in [0.5, 0.6) is 11.5 Å². The molecule has 2 heterocycles. The van der Waals surface area contributed by atoms with Crippen LogP contribution in [0.15, 0.2) is 18.2 Å². The number of methoxy groups -OCH3 is 2. The molecule has 7 nitrogen and oxygen atoms in total. The second-order valence-corrected chi connectivity index (χ2v) is 7.13. The van der Waals surface area contributed by atoms with Crippen molar-refractivity contribution in [3.8, 4) is 11.5 Å². The second kappa shape index (κ2) is 9.98. The Hall–Kier alpha value is -1.99. The van der Waals surface area contributed by atoms with Crippen molar-refractivity contribution < 1.29 is 19.1 Å². The van der Waals surface area contributed by atoms with Gasteiger partial charge in [0.2, 0.25) is 5.91 Å². The lowest BCUT2D eigenvalue weighted by atomic mass is 10.0. The summed E-state index contributed by atoms with van der Waals surface area (Å²) in [6.07, 6.45) is 3.62. The molecule has 0 aliphatic carbocycles. The Morgan fingerprint density at radius 1 is 1.11 bits per heavy atom. The smallest absolute Gasteiger partial charge is 0.258 e. The maximum absolute atomic E-state index is 13.2. The predicted octanol–water partition coefficient (Wildman–Crippen LogP) is 1.94. The number of likely N-dealkylation sites (N-methyl/N-ethyl adjacent to an activating group) is 1. The van der Waals surface area contributed by atoms with Crippen LogP contribution in [-0.2, 0) is 4.79 Å². The topological polar surface area (TPSA) is 71.1 Å². The lowest BCUT2D eigenvalue weighted by Gasteiger charge is -2.36. The maximum atomic E-state index is 13.2. The van der Waals surface area contributed by atoms with Crippen molar-refractivity contribution in [1.82, 2.24) is 15.1 Å². The zero-order valence-electron chi connectivity index (χ0n) is 16.8. The fourth-order valence-electron chi connectivity index (χ4n) is 4.02. The lowest BCUT2D eigenvalue weighted by Crippen LogP contribution is -2.53. The standard InChI is InChI=1S/C20H29N3O4.ClH/c1-21-14-6-4-10-22(13-14)20(25)17-7-5-11-23(17)19(24)16-9-8-15(26-2)12-18(16)27-3;/h8-9,12,14,17,21H,4-7,10-11,13H2,1-3H3;1H. The third-order valence-electron chi connectivity index (χ3n) is 5.58. The number of carbonyl (C=O) groups excluding carboxylic acids is 2. The average molecular weight is 412 g/mol. The molecule has 3 rings (SSSR count). The summed E-state index contributed by atoms with van der Waals surface area (Å²) in [6.45, 7) is 2.06. The number of halogens is 1. The Balaban J connectivity index is 0.00000280. The van der Waals surface area contributed by atoms with Crippen molar-refractivity contribution in [2.75, 3.05) is 40.9 Å². The van der Waals surface area contributed by atoms with E-state index in [0.717, 1.165) is 25.8 Å². The molecule has 2 atom stereocenters. The van der Waals surface area contributed by atoms with Crippen LogP contribution in [0.2, 0.25) is 0 Å². The second-order valence-electron chi connectivity index (χ2n) is 7.13. The van der Waals surface area contributed by atoms with Crippen LogP contribution >= 0.6 is 12.4 Å². The largest absolute Gasteiger partial charge is 0.497 e. The summed E-state index contributed by atoms with van der Waals surface area (Å²) < 4.78 is 10.6. The molecule has 2 aliphatic rings. The molecule has 156 valence electrons. The lowest BCUT2D eigenvalue weighted by molar-refractivity contribution is -0.136. The fraction of sp³-hybridized carbons (Fsp3) is 0.600. The molecule has 2 aliphatic heterocycles. The van der Waals surface area contributed by atoms with E-state index in [1.54, 1.807) is 30.2 Å². The van der Waals surface area contributed by atoms with E-state index >= 15 is 0 Å². The molecule has 0 saturated carbocycles. The van der Waals surface area contributed by atoms with Gasteiger partial charge in [0, 0.05) is 31.7 Å². The first-order chi connectivity index (χ1) is 13.1. The van der Waals surface area contributed by atoms with E-state index in [9.17, 15) is 9.59 Å². The van der Waals surface area contributed by atoms with E-state index in [2.05, 4.69) is 5.32 Å². The van der Waals surface area contributed by atoms with Gasteiger partial charge in [-0.05, 0) is 44.9 Å². The minimum atomic E-state index is -0.389. The first kappa shape index (κ1) is 22.3. The van der Waals surface area contributed by atoms with Crippen molar-refractivity contribution in [2.45, 2.75) is 37.8 Å². The number of nitrogens with one attached hydrogen (secondary N) is 1. The molecule has 2 amide bonds. The summed E-state index contributed by atoms with van der Waals surface area (Å²) >= 11 is 0. The number of ether oxygens (including phenoxy) is 2. The van der Waals surface area contributed by atoms with Crippen LogP contribution in [0.1, 0.15) is 36.0 Å². The zero-order chi connectivity index (χ0) is 19.4. The molecular weight excluding hydrogens is 382 g/mol. The minimum absolute atomic E-state index is 0. The summed E-state index contributed by atoms with van der Waals surface area (Å²) in [4.78, 5) is 29.9. The molecule has 0 bridgehead atoms. The molecule has 2 unspecified atom stereocenters. The maximum Gasteiger partial charge on any atom is 0.258 e. The Bertz CT molecular complexity index is 700. The van der Waals surface area contributed by atoms with Crippen molar-refractivity contribution in [1.29, 1.82) is 0 Å². The van der Waals surface area contributed by atoms with Gasteiger partial charge in [0.25, 0.3) is 5.91 Å². The van der Waals surface area contributed by atoms with Gasteiger partial charge >= 0.3 is 0 Å². The molecule has 0 aromatic heterocycles. The molecule has 1 aromatic rings.